The zero-order valence-corrected chi connectivity index (χ0v) is 15.9. The molecule has 1 saturated heterocycles. The lowest BCUT2D eigenvalue weighted by atomic mass is 10.1. The number of rotatable bonds is 6. The van der Waals surface area contributed by atoms with E-state index in [1.54, 1.807) is 13.0 Å². The van der Waals surface area contributed by atoms with Gasteiger partial charge >= 0.3 is 0 Å². The topological polar surface area (TPSA) is 84.7 Å². The van der Waals surface area contributed by atoms with Gasteiger partial charge in [0.15, 0.2) is 5.69 Å². The first-order chi connectivity index (χ1) is 12.9. The number of anilines is 1. The van der Waals surface area contributed by atoms with Gasteiger partial charge in [0.2, 0.25) is 5.91 Å². The van der Waals surface area contributed by atoms with Gasteiger partial charge in [-0.1, -0.05) is 17.3 Å². The molecule has 1 aliphatic rings. The molecule has 144 valence electrons. The summed E-state index contributed by atoms with van der Waals surface area (Å²) >= 11 is 0. The second kappa shape index (κ2) is 8.35. The van der Waals surface area contributed by atoms with E-state index in [2.05, 4.69) is 10.5 Å². The molecule has 1 aromatic carbocycles. The molecular formula is C20H25N3O4. The lowest BCUT2D eigenvalue weighted by Gasteiger charge is -2.24. The maximum Gasteiger partial charge on any atom is 0.276 e. The van der Waals surface area contributed by atoms with Crippen LogP contribution in [-0.2, 0) is 9.53 Å². The van der Waals surface area contributed by atoms with Crippen LogP contribution in [0.2, 0.25) is 0 Å². The van der Waals surface area contributed by atoms with Gasteiger partial charge < -0.3 is 19.5 Å². The molecule has 0 saturated carbocycles. The highest BCUT2D eigenvalue weighted by Crippen LogP contribution is 2.19. The molecular weight excluding hydrogens is 346 g/mol. The van der Waals surface area contributed by atoms with Gasteiger partial charge in [-0.15, -0.1) is 0 Å². The SMILES string of the molecule is Cc1cc(C(=O)N(CC(=O)Nc2cccc(C)c2C)C[C@H]2CCCO2)no1. The van der Waals surface area contributed by atoms with E-state index in [0.717, 1.165) is 29.7 Å². The monoisotopic (exact) mass is 371 g/mol. The van der Waals surface area contributed by atoms with E-state index in [4.69, 9.17) is 9.26 Å². The van der Waals surface area contributed by atoms with E-state index in [-0.39, 0.29) is 30.2 Å². The van der Waals surface area contributed by atoms with Crippen molar-refractivity contribution in [2.75, 3.05) is 25.0 Å². The molecule has 1 atom stereocenters. The second-order valence-electron chi connectivity index (χ2n) is 6.94. The average Bonchev–Trinajstić information content (AvgIpc) is 3.29. The summed E-state index contributed by atoms with van der Waals surface area (Å²) in [6, 6.07) is 7.32. The predicted molar refractivity (Wildman–Crippen MR) is 101 cm³/mol. The average molecular weight is 371 g/mol. The van der Waals surface area contributed by atoms with Crippen LogP contribution in [0.4, 0.5) is 5.69 Å². The van der Waals surface area contributed by atoms with Crippen molar-refractivity contribution in [1.82, 2.24) is 10.1 Å². The highest BCUT2D eigenvalue weighted by Gasteiger charge is 2.27. The lowest BCUT2D eigenvalue weighted by molar-refractivity contribution is -0.117. The van der Waals surface area contributed by atoms with E-state index in [0.29, 0.717) is 18.9 Å². The maximum absolute atomic E-state index is 12.8. The van der Waals surface area contributed by atoms with E-state index in [9.17, 15) is 9.59 Å². The number of amides is 2. The Kier molecular flexibility index (Phi) is 5.91. The number of hydrogen-bond donors (Lipinski definition) is 1. The molecule has 27 heavy (non-hydrogen) atoms. The highest BCUT2D eigenvalue weighted by molar-refractivity contribution is 5.98. The summed E-state index contributed by atoms with van der Waals surface area (Å²) in [4.78, 5) is 26.9. The molecule has 7 heteroatoms. The third kappa shape index (κ3) is 4.74. The first-order valence-electron chi connectivity index (χ1n) is 9.14. The van der Waals surface area contributed by atoms with E-state index < -0.39 is 0 Å². The third-order valence-corrected chi connectivity index (χ3v) is 4.80. The van der Waals surface area contributed by atoms with Crippen molar-refractivity contribution in [2.45, 2.75) is 39.7 Å². The Balaban J connectivity index is 1.72. The number of aryl methyl sites for hydroxylation is 2. The molecule has 7 nitrogen and oxygen atoms in total. The van der Waals surface area contributed by atoms with Crippen molar-refractivity contribution < 1.29 is 18.8 Å². The van der Waals surface area contributed by atoms with Crippen molar-refractivity contribution in [1.29, 1.82) is 0 Å². The normalized spacial score (nSPS) is 16.3. The van der Waals surface area contributed by atoms with E-state index >= 15 is 0 Å². The minimum atomic E-state index is -0.335. The number of carbonyl (C=O) groups excluding carboxylic acids is 2. The number of carbonyl (C=O) groups is 2. The summed E-state index contributed by atoms with van der Waals surface area (Å²) in [6.45, 7) is 6.64. The molecule has 0 unspecified atom stereocenters. The summed E-state index contributed by atoms with van der Waals surface area (Å²) in [5.74, 6) is -0.0380. The van der Waals surface area contributed by atoms with Crippen molar-refractivity contribution >= 4 is 17.5 Å². The Morgan fingerprint density at radius 2 is 2.11 bits per heavy atom. The first kappa shape index (κ1) is 19.1. The van der Waals surface area contributed by atoms with Crippen LogP contribution in [0.3, 0.4) is 0 Å². The number of nitrogens with one attached hydrogen (secondary N) is 1. The second-order valence-corrected chi connectivity index (χ2v) is 6.94. The predicted octanol–water partition coefficient (Wildman–Crippen LogP) is 2.86. The van der Waals surface area contributed by atoms with Crippen molar-refractivity contribution in [2.24, 2.45) is 0 Å². The minimum Gasteiger partial charge on any atom is -0.376 e. The molecule has 2 heterocycles. The van der Waals surface area contributed by atoms with Crippen LogP contribution in [0, 0.1) is 20.8 Å². The third-order valence-electron chi connectivity index (χ3n) is 4.80. The largest absolute Gasteiger partial charge is 0.376 e. The number of ether oxygens (including phenoxy) is 1. The zero-order valence-electron chi connectivity index (χ0n) is 15.9. The van der Waals surface area contributed by atoms with Crippen LogP contribution in [0.5, 0.6) is 0 Å². The van der Waals surface area contributed by atoms with Crippen LogP contribution < -0.4 is 5.32 Å². The summed E-state index contributed by atoms with van der Waals surface area (Å²) < 4.78 is 10.6. The van der Waals surface area contributed by atoms with Crippen molar-refractivity contribution in [3.63, 3.8) is 0 Å². The minimum absolute atomic E-state index is 0.0598. The molecule has 1 fully saturated rings. The van der Waals surface area contributed by atoms with Gasteiger partial charge in [0.25, 0.3) is 5.91 Å². The molecule has 0 radical (unpaired) electrons. The number of benzene rings is 1. The standard InChI is InChI=1S/C20H25N3O4/c1-13-6-4-8-17(15(13)3)21-19(24)12-23(11-16-7-5-9-26-16)20(25)18-10-14(2)27-22-18/h4,6,8,10,16H,5,7,9,11-12H2,1-3H3,(H,21,24)/t16-/m1/s1. The van der Waals surface area contributed by atoms with Gasteiger partial charge in [-0.2, -0.15) is 0 Å². The quantitative estimate of drug-likeness (QED) is 0.844. The van der Waals surface area contributed by atoms with E-state index in [1.165, 1.54) is 4.90 Å². The summed E-state index contributed by atoms with van der Waals surface area (Å²) in [5, 5.41) is 6.69. The number of aromatic nitrogens is 1. The first-order valence-corrected chi connectivity index (χ1v) is 9.14. The van der Waals surface area contributed by atoms with Crippen molar-refractivity contribution in [3.05, 3.63) is 46.8 Å². The smallest absolute Gasteiger partial charge is 0.276 e. The number of hydrogen-bond acceptors (Lipinski definition) is 5. The summed E-state index contributed by atoms with van der Waals surface area (Å²) in [7, 11) is 0. The van der Waals surface area contributed by atoms with Crippen LogP contribution in [0.15, 0.2) is 28.8 Å². The lowest BCUT2D eigenvalue weighted by Crippen LogP contribution is -2.42. The van der Waals surface area contributed by atoms with Gasteiger partial charge in [-0.05, 0) is 50.8 Å². The Bertz CT molecular complexity index is 824. The van der Waals surface area contributed by atoms with Crippen LogP contribution in [-0.4, -0.2) is 47.7 Å². The Morgan fingerprint density at radius 3 is 2.78 bits per heavy atom. The fraction of sp³-hybridized carbons (Fsp3) is 0.450. The zero-order chi connectivity index (χ0) is 19.4. The Morgan fingerprint density at radius 1 is 1.30 bits per heavy atom. The highest BCUT2D eigenvalue weighted by atomic mass is 16.5. The molecule has 0 spiro atoms. The summed E-state index contributed by atoms with van der Waals surface area (Å²) in [5.41, 5.74) is 3.06. The Hall–Kier alpha value is -2.67. The van der Waals surface area contributed by atoms with Crippen LogP contribution in [0.25, 0.3) is 0 Å². The fourth-order valence-corrected chi connectivity index (χ4v) is 3.13. The molecule has 2 aromatic rings. The number of nitrogens with zero attached hydrogens (tertiary/aromatic N) is 2. The van der Waals surface area contributed by atoms with Gasteiger partial charge in [-0.3, -0.25) is 9.59 Å². The maximum atomic E-state index is 12.8. The van der Waals surface area contributed by atoms with Gasteiger partial charge in [0.05, 0.1) is 6.10 Å². The van der Waals surface area contributed by atoms with Crippen LogP contribution in [0.1, 0.15) is 40.2 Å². The van der Waals surface area contributed by atoms with Gasteiger partial charge in [-0.25, -0.2) is 0 Å². The molecule has 1 N–H and O–H groups in total. The van der Waals surface area contributed by atoms with Crippen LogP contribution >= 0.6 is 0 Å². The molecule has 1 aromatic heterocycles. The molecule has 0 aliphatic carbocycles. The molecule has 2 amide bonds. The summed E-state index contributed by atoms with van der Waals surface area (Å²) in [6.07, 6.45) is 1.78. The van der Waals surface area contributed by atoms with E-state index in [1.807, 2.05) is 32.0 Å². The Labute approximate surface area is 158 Å². The molecule has 1 aliphatic heterocycles. The van der Waals surface area contributed by atoms with Crippen molar-refractivity contribution in [3.8, 4) is 0 Å². The molecule has 0 bridgehead atoms. The molecule has 3 rings (SSSR count). The van der Waals surface area contributed by atoms with Gasteiger partial charge in [0, 0.05) is 24.9 Å². The fourth-order valence-electron chi connectivity index (χ4n) is 3.13. The van der Waals surface area contributed by atoms with Gasteiger partial charge in [0.1, 0.15) is 12.3 Å².